The Kier molecular flexibility index (Phi) is 10.9. The van der Waals surface area contributed by atoms with E-state index in [2.05, 4.69) is 24.1 Å². The van der Waals surface area contributed by atoms with Gasteiger partial charge in [-0.1, -0.05) is 24.3 Å². The second kappa shape index (κ2) is 13.8. The first-order valence-corrected chi connectivity index (χ1v) is 12.5. The Hall–Kier alpha value is -2.33. The van der Waals surface area contributed by atoms with Gasteiger partial charge in [-0.2, -0.15) is 13.2 Å². The number of nitrogens with zero attached hydrogens (tertiary/aromatic N) is 1. The molecule has 9 heteroatoms. The average Bonchev–Trinajstić information content (AvgIpc) is 2.89. The van der Waals surface area contributed by atoms with Crippen molar-refractivity contribution < 1.29 is 32.1 Å². The Morgan fingerprint density at radius 2 is 1.78 bits per heavy atom. The van der Waals surface area contributed by atoms with Gasteiger partial charge >= 0.3 is 6.18 Å². The molecular formula is C27H37F3N2O4. The molecule has 2 fully saturated rings. The van der Waals surface area contributed by atoms with Crippen molar-refractivity contribution in [3.05, 3.63) is 59.7 Å². The Bertz CT molecular complexity index is 920. The molecule has 36 heavy (non-hydrogen) atoms. The van der Waals surface area contributed by atoms with Crippen LogP contribution in [0.25, 0.3) is 0 Å². The van der Waals surface area contributed by atoms with E-state index in [9.17, 15) is 13.2 Å². The second-order valence-electron chi connectivity index (χ2n) is 8.96. The van der Waals surface area contributed by atoms with Crippen LogP contribution in [0.1, 0.15) is 38.0 Å². The Balaban J connectivity index is 0.000000202. The number of hydrogen-bond acceptors (Lipinski definition) is 6. The topological polar surface area (TPSA) is 52.2 Å². The highest BCUT2D eigenvalue weighted by Crippen LogP contribution is 2.32. The number of nitrogens with one attached hydrogen (secondary N) is 1. The lowest BCUT2D eigenvalue weighted by molar-refractivity contribution is -0.137. The number of morpholine rings is 2. The zero-order valence-electron chi connectivity index (χ0n) is 21.2. The lowest BCUT2D eigenvalue weighted by atomic mass is 10.0. The van der Waals surface area contributed by atoms with Gasteiger partial charge in [-0.3, -0.25) is 4.90 Å². The van der Waals surface area contributed by atoms with E-state index in [0.29, 0.717) is 38.0 Å². The van der Waals surface area contributed by atoms with E-state index in [1.165, 1.54) is 12.1 Å². The summed E-state index contributed by atoms with van der Waals surface area (Å²) in [7, 11) is 0. The van der Waals surface area contributed by atoms with Crippen molar-refractivity contribution in [1.29, 1.82) is 0 Å². The zero-order valence-corrected chi connectivity index (χ0v) is 21.2. The predicted octanol–water partition coefficient (Wildman–Crippen LogP) is 4.94. The standard InChI is InChI=1S/C14H18F3NO.C13H19NO3/c1-10(2)18-6-7-19-13(9-18)11-4-3-5-12(8-11)14(15,16)17;1-2-15-12-5-3-4-6-13(12)17-10-11-9-14-7-8-16-11/h3-5,8,10,13H,6-7,9H2,1-2H3;3-6,11,14H,2,7-10H2,1H3. The highest BCUT2D eigenvalue weighted by Gasteiger charge is 2.32. The summed E-state index contributed by atoms with van der Waals surface area (Å²) in [4.78, 5) is 2.22. The first-order valence-electron chi connectivity index (χ1n) is 12.5. The Morgan fingerprint density at radius 1 is 1.03 bits per heavy atom. The molecular weight excluding hydrogens is 473 g/mol. The van der Waals surface area contributed by atoms with E-state index in [4.69, 9.17) is 18.9 Å². The minimum absolute atomic E-state index is 0.124. The van der Waals surface area contributed by atoms with E-state index in [1.807, 2.05) is 31.2 Å². The van der Waals surface area contributed by atoms with Gasteiger partial charge in [-0.25, -0.2) is 0 Å². The van der Waals surface area contributed by atoms with Gasteiger partial charge in [0.25, 0.3) is 0 Å². The molecule has 0 aliphatic carbocycles. The molecule has 2 aliphatic heterocycles. The summed E-state index contributed by atoms with van der Waals surface area (Å²) in [6.45, 7) is 11.8. The highest BCUT2D eigenvalue weighted by molar-refractivity contribution is 5.39. The summed E-state index contributed by atoms with van der Waals surface area (Å²) in [6, 6.07) is 13.5. The third-order valence-electron chi connectivity index (χ3n) is 5.99. The fraction of sp³-hybridized carbons (Fsp3) is 0.556. The van der Waals surface area contributed by atoms with Crippen LogP contribution in [0.2, 0.25) is 0 Å². The number of para-hydroxylation sites is 2. The smallest absolute Gasteiger partial charge is 0.416 e. The molecule has 200 valence electrons. The molecule has 2 aliphatic rings. The molecule has 2 saturated heterocycles. The van der Waals surface area contributed by atoms with Crippen LogP contribution in [0.15, 0.2) is 48.5 Å². The minimum atomic E-state index is -4.30. The fourth-order valence-electron chi connectivity index (χ4n) is 4.01. The molecule has 0 radical (unpaired) electrons. The van der Waals surface area contributed by atoms with Gasteiger partial charge in [-0.15, -0.1) is 0 Å². The first kappa shape index (κ1) is 28.2. The van der Waals surface area contributed by atoms with Crippen LogP contribution >= 0.6 is 0 Å². The SMILES string of the molecule is CC(C)N1CCOC(c2cccc(C(F)(F)F)c2)C1.CCOc1ccccc1OCC1CNCCO1. The van der Waals surface area contributed by atoms with Gasteiger partial charge < -0.3 is 24.3 Å². The lowest BCUT2D eigenvalue weighted by Gasteiger charge is -2.35. The average molecular weight is 511 g/mol. The van der Waals surface area contributed by atoms with Gasteiger partial charge in [0.15, 0.2) is 11.5 Å². The molecule has 0 aromatic heterocycles. The number of benzene rings is 2. The predicted molar refractivity (Wildman–Crippen MR) is 133 cm³/mol. The molecule has 1 N–H and O–H groups in total. The van der Waals surface area contributed by atoms with Crippen molar-refractivity contribution in [3.63, 3.8) is 0 Å². The van der Waals surface area contributed by atoms with Crippen molar-refractivity contribution >= 4 is 0 Å². The molecule has 6 nitrogen and oxygen atoms in total. The first-order chi connectivity index (χ1) is 17.3. The van der Waals surface area contributed by atoms with Crippen LogP contribution in [0.3, 0.4) is 0 Å². The van der Waals surface area contributed by atoms with Crippen LogP contribution in [-0.4, -0.2) is 69.7 Å². The molecule has 0 amide bonds. The van der Waals surface area contributed by atoms with E-state index in [-0.39, 0.29) is 12.2 Å². The quantitative estimate of drug-likeness (QED) is 0.570. The van der Waals surface area contributed by atoms with Gasteiger partial charge in [0.05, 0.1) is 31.5 Å². The van der Waals surface area contributed by atoms with Gasteiger partial charge in [0.2, 0.25) is 0 Å². The van der Waals surface area contributed by atoms with Crippen molar-refractivity contribution in [2.45, 2.75) is 45.2 Å². The van der Waals surface area contributed by atoms with Crippen molar-refractivity contribution in [2.24, 2.45) is 0 Å². The summed E-state index contributed by atoms with van der Waals surface area (Å²) in [5, 5.41) is 3.27. The van der Waals surface area contributed by atoms with Crippen LogP contribution in [0.5, 0.6) is 11.5 Å². The molecule has 2 heterocycles. The third kappa shape index (κ3) is 8.65. The van der Waals surface area contributed by atoms with Crippen molar-refractivity contribution in [1.82, 2.24) is 10.2 Å². The molecule has 0 spiro atoms. The number of halogens is 3. The van der Waals surface area contributed by atoms with Crippen LogP contribution < -0.4 is 14.8 Å². The van der Waals surface area contributed by atoms with E-state index >= 15 is 0 Å². The number of hydrogen-bond donors (Lipinski definition) is 1. The molecule has 2 aromatic rings. The normalized spacial score (nSPS) is 21.0. The number of ether oxygens (including phenoxy) is 4. The van der Waals surface area contributed by atoms with Crippen LogP contribution in [-0.2, 0) is 15.7 Å². The van der Waals surface area contributed by atoms with E-state index in [0.717, 1.165) is 43.8 Å². The van der Waals surface area contributed by atoms with Gasteiger partial charge in [0, 0.05) is 32.2 Å². The maximum absolute atomic E-state index is 12.7. The van der Waals surface area contributed by atoms with Gasteiger partial charge in [0.1, 0.15) is 12.7 Å². The molecule has 0 saturated carbocycles. The Morgan fingerprint density at radius 3 is 2.42 bits per heavy atom. The van der Waals surface area contributed by atoms with Crippen LogP contribution in [0, 0.1) is 0 Å². The van der Waals surface area contributed by atoms with E-state index < -0.39 is 11.7 Å². The minimum Gasteiger partial charge on any atom is -0.490 e. The summed E-state index contributed by atoms with van der Waals surface area (Å²) in [5.74, 6) is 1.57. The highest BCUT2D eigenvalue weighted by atomic mass is 19.4. The van der Waals surface area contributed by atoms with Crippen molar-refractivity contribution in [3.8, 4) is 11.5 Å². The second-order valence-corrected chi connectivity index (χ2v) is 8.96. The monoisotopic (exact) mass is 510 g/mol. The summed E-state index contributed by atoms with van der Waals surface area (Å²) >= 11 is 0. The van der Waals surface area contributed by atoms with Crippen LogP contribution in [0.4, 0.5) is 13.2 Å². The zero-order chi connectivity index (χ0) is 26.0. The number of alkyl halides is 3. The molecule has 0 bridgehead atoms. The molecule has 4 rings (SSSR count). The lowest BCUT2D eigenvalue weighted by Crippen LogP contribution is -2.42. The summed E-state index contributed by atoms with van der Waals surface area (Å²) in [5.41, 5.74) is -0.0181. The Labute approximate surface area is 211 Å². The third-order valence-corrected chi connectivity index (χ3v) is 5.99. The van der Waals surface area contributed by atoms with E-state index in [1.54, 1.807) is 6.07 Å². The summed E-state index contributed by atoms with van der Waals surface area (Å²) < 4.78 is 60.5. The summed E-state index contributed by atoms with van der Waals surface area (Å²) in [6.07, 6.45) is -4.46. The fourth-order valence-corrected chi connectivity index (χ4v) is 4.01. The molecule has 2 unspecified atom stereocenters. The number of rotatable bonds is 7. The molecule has 2 atom stereocenters. The van der Waals surface area contributed by atoms with Gasteiger partial charge in [-0.05, 0) is 50.6 Å². The largest absolute Gasteiger partial charge is 0.490 e. The molecule has 2 aromatic carbocycles. The maximum atomic E-state index is 12.7. The van der Waals surface area contributed by atoms with Crippen molar-refractivity contribution in [2.75, 3.05) is 52.6 Å². The maximum Gasteiger partial charge on any atom is 0.416 e.